The first-order valence-corrected chi connectivity index (χ1v) is 27.0. The fourth-order valence-electron chi connectivity index (χ4n) is 9.48. The maximum Gasteiger partial charge on any atom is 0.294 e. The third kappa shape index (κ3) is 12.1. The minimum Gasteiger partial charge on any atom is -0.354 e. The third-order valence-electron chi connectivity index (χ3n) is 12.9. The van der Waals surface area contributed by atoms with Gasteiger partial charge in [0.25, 0.3) is 30.4 Å². The van der Waals surface area contributed by atoms with Gasteiger partial charge in [0.05, 0.1) is 21.0 Å². The molecule has 1 unspecified atom stereocenters. The number of benzene rings is 2. The molecule has 0 spiro atoms. The normalized spacial score (nSPS) is 24.3. The summed E-state index contributed by atoms with van der Waals surface area (Å²) in [4.78, 5) is 26.8. The summed E-state index contributed by atoms with van der Waals surface area (Å²) in [5.74, 6) is -0.752. The maximum atomic E-state index is 12.7. The van der Waals surface area contributed by atoms with Gasteiger partial charge in [-0.05, 0) is 125 Å². The molecule has 1 aliphatic carbocycles. The predicted molar refractivity (Wildman–Crippen MR) is 251 cm³/mol. The number of hydrogen-bond donors (Lipinski definition) is 5. The molecule has 3 heterocycles. The average Bonchev–Trinajstić information content (AvgIpc) is 3.58. The van der Waals surface area contributed by atoms with Crippen molar-refractivity contribution >= 4 is 70.9 Å². The van der Waals surface area contributed by atoms with Crippen molar-refractivity contribution in [3.05, 3.63) is 93.7 Å². The molecule has 0 aromatic heterocycles. The van der Waals surface area contributed by atoms with Crippen LogP contribution in [0.3, 0.4) is 0 Å². The van der Waals surface area contributed by atoms with E-state index >= 15 is 0 Å². The molecule has 19 heteroatoms. The van der Waals surface area contributed by atoms with E-state index in [9.17, 15) is 48.5 Å². The summed E-state index contributed by atoms with van der Waals surface area (Å²) in [5.41, 5.74) is 4.65. The van der Waals surface area contributed by atoms with Gasteiger partial charge in [0.15, 0.2) is 5.71 Å². The van der Waals surface area contributed by atoms with Gasteiger partial charge in [0.2, 0.25) is 17.5 Å². The number of anilines is 1. The summed E-state index contributed by atoms with van der Waals surface area (Å²) in [5, 5.41) is 6.28. The Labute approximate surface area is 388 Å². The highest BCUT2D eigenvalue weighted by Crippen LogP contribution is 2.52. The van der Waals surface area contributed by atoms with Crippen molar-refractivity contribution in [2.24, 2.45) is 0 Å². The fourth-order valence-corrected chi connectivity index (χ4v) is 11.3. The fraction of sp³-hybridized carbons (Fsp3) is 0.500. The highest BCUT2D eigenvalue weighted by atomic mass is 35.5. The Morgan fingerprint density at radius 1 is 0.723 bits per heavy atom. The molecule has 0 saturated heterocycles. The average molecular weight is 977 g/mol. The number of nitrogens with zero attached hydrogens (tertiary/aromatic N) is 2. The molecule has 3 aliphatic heterocycles. The van der Waals surface area contributed by atoms with Gasteiger partial charge in [-0.25, -0.2) is 0 Å². The summed E-state index contributed by atoms with van der Waals surface area (Å²) < 4.78 is 105. The van der Waals surface area contributed by atoms with Gasteiger partial charge in [0, 0.05) is 78.4 Å². The first-order chi connectivity index (χ1) is 30.5. The van der Waals surface area contributed by atoms with Crippen LogP contribution in [0.5, 0.6) is 0 Å². The van der Waals surface area contributed by atoms with Crippen LogP contribution in [-0.4, -0.2) is 92.9 Å². The molecule has 2 amide bonds. The lowest BCUT2D eigenvalue weighted by atomic mass is 9.77. The van der Waals surface area contributed by atoms with Crippen molar-refractivity contribution < 1.29 is 53.1 Å². The van der Waals surface area contributed by atoms with Crippen molar-refractivity contribution in [2.75, 3.05) is 36.8 Å². The Morgan fingerprint density at radius 3 is 1.97 bits per heavy atom. The van der Waals surface area contributed by atoms with Crippen LogP contribution in [0.15, 0.2) is 92.4 Å². The molecule has 5 N–H and O–H groups in total. The number of hydrogen-bond acceptors (Lipinski definition) is 9. The van der Waals surface area contributed by atoms with Gasteiger partial charge < -0.3 is 15.5 Å². The molecule has 6 rings (SSSR count). The van der Waals surface area contributed by atoms with E-state index in [2.05, 4.69) is 15.2 Å². The smallest absolute Gasteiger partial charge is 0.294 e. The minimum atomic E-state index is -4.59. The second-order valence-corrected chi connectivity index (χ2v) is 22.7. The van der Waals surface area contributed by atoms with Gasteiger partial charge in [-0.1, -0.05) is 36.6 Å². The standard InChI is InChI=1S/C46H59ClN4O11S3/c1-45(2)36-30-34(64(57,58)59)18-20-38(36)50-27-9-5-7-15-43(53)49-26-25-48-42(52)14-6-4-8-24-46(3)37-31-35(65(60,61)62)19-21-39(37)51(28-11-29-63(54,55)56)41(46)23-17-33-13-10-12-32(44(33)47)16-22-40(45)50/h16-23,30-31H,4-15,24-29H2,1-3H3,(H4-,48,49,52,53,54,55,56,57,58,59,60,61,62)/p+1. The SMILES string of the molecule is CC1(C)C2=[N+](CCCCCC(=O)NCCNC(=O)CCCCCC3(C)/C(=C/C=C4\CCCC(=C4Cl)/C=C/2)N(CCCS(=O)(=O)O)c2ccc(S(=O)(=O)O)cc23)c2ccc(S(=O)(=O)O)cc21. The van der Waals surface area contributed by atoms with Crippen molar-refractivity contribution in [1.82, 2.24) is 10.6 Å². The van der Waals surface area contributed by atoms with Crippen LogP contribution >= 0.6 is 11.6 Å². The van der Waals surface area contributed by atoms with E-state index < -0.39 is 46.9 Å². The van der Waals surface area contributed by atoms with Crippen LogP contribution < -0.4 is 15.5 Å². The van der Waals surface area contributed by atoms with E-state index in [-0.39, 0.29) is 54.1 Å². The van der Waals surface area contributed by atoms with Crippen LogP contribution in [0.4, 0.5) is 11.4 Å². The van der Waals surface area contributed by atoms with E-state index in [1.165, 1.54) is 24.3 Å². The van der Waals surface area contributed by atoms with Crippen molar-refractivity contribution in [3.63, 3.8) is 0 Å². The summed E-state index contributed by atoms with van der Waals surface area (Å²) >= 11 is 7.25. The van der Waals surface area contributed by atoms with Gasteiger partial charge in [-0.3, -0.25) is 23.2 Å². The molecule has 2 bridgehead atoms. The van der Waals surface area contributed by atoms with Crippen LogP contribution in [0, 0.1) is 0 Å². The summed E-state index contributed by atoms with van der Waals surface area (Å²) in [6.07, 6.45) is 15.1. The minimum absolute atomic E-state index is 0.0594. The Balaban J connectivity index is 1.43. The van der Waals surface area contributed by atoms with Gasteiger partial charge >= 0.3 is 0 Å². The van der Waals surface area contributed by atoms with Crippen LogP contribution in [0.25, 0.3) is 0 Å². The lowest BCUT2D eigenvalue weighted by Gasteiger charge is -2.31. The van der Waals surface area contributed by atoms with Crippen molar-refractivity contribution in [1.29, 1.82) is 0 Å². The molecule has 2 aromatic carbocycles. The Bertz CT molecular complexity index is 2710. The Kier molecular flexibility index (Phi) is 15.7. The van der Waals surface area contributed by atoms with E-state index in [4.69, 9.17) is 11.6 Å². The molecule has 1 atom stereocenters. The number of carbonyl (C=O) groups excluding carboxylic acids is 2. The predicted octanol–water partition coefficient (Wildman–Crippen LogP) is 7.41. The van der Waals surface area contributed by atoms with Crippen LogP contribution in [0.1, 0.15) is 115 Å². The number of amides is 2. The zero-order valence-electron chi connectivity index (χ0n) is 37.1. The number of rotatable bonds is 6. The zero-order valence-corrected chi connectivity index (χ0v) is 40.3. The molecule has 15 nitrogen and oxygen atoms in total. The zero-order chi connectivity index (χ0) is 47.4. The van der Waals surface area contributed by atoms with E-state index in [1.807, 2.05) is 50.0 Å². The highest BCUT2D eigenvalue weighted by Gasteiger charge is 2.46. The maximum absolute atomic E-state index is 12.7. The molecule has 65 heavy (non-hydrogen) atoms. The topological polar surface area (TPSA) is 228 Å². The number of fused-ring (bicyclic) bond motifs is 6. The molecule has 0 fully saturated rings. The highest BCUT2D eigenvalue weighted by molar-refractivity contribution is 7.86. The first-order valence-electron chi connectivity index (χ1n) is 22.1. The molecule has 4 aliphatic rings. The molecule has 354 valence electrons. The Hall–Kier alpha value is -4.17. The second-order valence-electron chi connectivity index (χ2n) is 17.9. The Morgan fingerprint density at radius 2 is 1.34 bits per heavy atom. The molecule has 0 saturated carbocycles. The number of allylic oxidation sites excluding steroid dienone is 8. The third-order valence-corrected chi connectivity index (χ3v) is 15.9. The lowest BCUT2D eigenvalue weighted by Crippen LogP contribution is -2.34. The number of nitrogens with one attached hydrogen (secondary N) is 2. The lowest BCUT2D eigenvalue weighted by molar-refractivity contribution is -0.438. The number of halogens is 1. The largest absolute Gasteiger partial charge is 0.354 e. The van der Waals surface area contributed by atoms with E-state index in [0.29, 0.717) is 74.2 Å². The molecular formula is C46H60ClN4O11S3+. The van der Waals surface area contributed by atoms with Crippen molar-refractivity contribution in [2.45, 2.75) is 125 Å². The summed E-state index contributed by atoms with van der Waals surface area (Å²) in [6, 6.07) is 8.96. The van der Waals surface area contributed by atoms with Gasteiger partial charge in [-0.2, -0.15) is 29.8 Å². The summed E-state index contributed by atoms with van der Waals surface area (Å²) in [6.45, 7) is 7.28. The number of carbonyl (C=O) groups is 2. The van der Waals surface area contributed by atoms with Gasteiger partial charge in [0.1, 0.15) is 6.54 Å². The quantitative estimate of drug-likeness (QED) is 0.141. The van der Waals surface area contributed by atoms with Crippen LogP contribution in [-0.2, 0) is 50.8 Å². The van der Waals surface area contributed by atoms with Crippen molar-refractivity contribution in [3.8, 4) is 0 Å². The molecule has 0 radical (unpaired) electrons. The van der Waals surface area contributed by atoms with E-state index in [1.54, 1.807) is 12.1 Å². The van der Waals surface area contributed by atoms with Gasteiger partial charge in [-0.15, -0.1) is 0 Å². The van der Waals surface area contributed by atoms with Crippen LogP contribution in [0.2, 0.25) is 0 Å². The first kappa shape index (κ1) is 50.2. The van der Waals surface area contributed by atoms with E-state index in [0.717, 1.165) is 53.1 Å². The second kappa shape index (κ2) is 20.4. The monoisotopic (exact) mass is 975 g/mol. The molecule has 2 aromatic rings. The summed E-state index contributed by atoms with van der Waals surface area (Å²) in [7, 11) is -13.3. The molecular weight excluding hydrogens is 916 g/mol.